The van der Waals surface area contributed by atoms with Gasteiger partial charge in [-0.2, -0.15) is 0 Å². The van der Waals surface area contributed by atoms with Crippen LogP contribution in [-0.4, -0.2) is 4.57 Å². The van der Waals surface area contributed by atoms with Crippen molar-refractivity contribution in [3.63, 3.8) is 0 Å². The van der Waals surface area contributed by atoms with Crippen molar-refractivity contribution in [1.82, 2.24) is 4.57 Å². The topological polar surface area (TPSA) is 4.93 Å². The lowest BCUT2D eigenvalue weighted by Crippen LogP contribution is -2.02. The van der Waals surface area contributed by atoms with Crippen molar-refractivity contribution in [2.45, 2.75) is 0 Å². The van der Waals surface area contributed by atoms with Crippen molar-refractivity contribution in [2.75, 3.05) is 0 Å². The Kier molecular flexibility index (Phi) is 1.97. The van der Waals surface area contributed by atoms with E-state index in [2.05, 4.69) is 25.9 Å². The number of benzene rings is 1. The van der Waals surface area contributed by atoms with E-state index in [-0.39, 0.29) is 0 Å². The maximum Gasteiger partial charge on any atom is 0.0520 e. The number of nitrogens with zero attached hydrogens (tertiary/aromatic N) is 1. The highest BCUT2D eigenvalue weighted by Crippen LogP contribution is 2.07. The quantitative estimate of drug-likeness (QED) is 0.584. The van der Waals surface area contributed by atoms with Crippen LogP contribution in [0, 0.1) is 0 Å². The van der Waals surface area contributed by atoms with E-state index in [1.807, 2.05) is 36.7 Å². The molecule has 0 saturated heterocycles. The van der Waals surface area contributed by atoms with E-state index in [1.165, 1.54) is 11.0 Å². The normalized spacial score (nSPS) is 10.1. The predicted octanol–water partition coefficient (Wildman–Crippen LogP) is 1.98. The molecule has 0 aliphatic carbocycles. The van der Waals surface area contributed by atoms with Gasteiger partial charge in [0.15, 0.2) is 0 Å². The van der Waals surface area contributed by atoms with Gasteiger partial charge in [0.05, 0.1) is 5.69 Å². The monoisotopic (exact) mass is 175 g/mol. The van der Waals surface area contributed by atoms with E-state index < -0.39 is 0 Å². The van der Waals surface area contributed by atoms with Gasteiger partial charge in [0.25, 0.3) is 0 Å². The van der Waals surface area contributed by atoms with E-state index in [9.17, 15) is 0 Å². The summed E-state index contributed by atoms with van der Waals surface area (Å²) in [6.45, 7) is 0. The largest absolute Gasteiger partial charge is 0.323 e. The number of hydrogen-bond acceptors (Lipinski definition) is 0. The zero-order valence-electron chi connectivity index (χ0n) is 6.64. The van der Waals surface area contributed by atoms with E-state index >= 15 is 0 Å². The van der Waals surface area contributed by atoms with Gasteiger partial charge in [-0.05, 0) is 23.5 Å². The minimum Gasteiger partial charge on any atom is -0.323 e. The molecule has 0 fully saturated rings. The summed E-state index contributed by atoms with van der Waals surface area (Å²) in [6.07, 6.45) is 4.09. The van der Waals surface area contributed by atoms with E-state index in [1.54, 1.807) is 0 Å². The Morgan fingerprint density at radius 3 is 2.25 bits per heavy atom. The highest BCUT2D eigenvalue weighted by atomic mass is 31.0. The fourth-order valence-electron chi connectivity index (χ4n) is 1.22. The number of para-hydroxylation sites is 1. The summed E-state index contributed by atoms with van der Waals surface area (Å²) in [6, 6.07) is 12.3. The molecule has 0 aliphatic rings. The van der Waals surface area contributed by atoms with E-state index in [0.717, 1.165) is 0 Å². The molecule has 12 heavy (non-hydrogen) atoms. The third kappa shape index (κ3) is 1.28. The minimum absolute atomic E-state index is 1.22. The Hall–Kier alpha value is -1.07. The molecule has 0 saturated carbocycles. The summed E-state index contributed by atoms with van der Waals surface area (Å²) in [5.41, 5.74) is 1.22. The maximum atomic E-state index is 2.73. The van der Waals surface area contributed by atoms with Crippen molar-refractivity contribution < 1.29 is 0 Å². The zero-order chi connectivity index (χ0) is 8.39. The fraction of sp³-hybridized carbons (Fsp3) is 0. The third-order valence-electron chi connectivity index (χ3n) is 1.82. The highest BCUT2D eigenvalue weighted by Gasteiger charge is 1.96. The molecule has 0 bridgehead atoms. The van der Waals surface area contributed by atoms with Gasteiger partial charge in [0.2, 0.25) is 0 Å². The van der Waals surface area contributed by atoms with Crippen LogP contribution in [0.15, 0.2) is 48.8 Å². The average molecular weight is 175 g/mol. The molecule has 2 rings (SSSR count). The van der Waals surface area contributed by atoms with Crippen LogP contribution in [0.5, 0.6) is 0 Å². The van der Waals surface area contributed by atoms with Crippen molar-refractivity contribution in [2.24, 2.45) is 0 Å². The highest BCUT2D eigenvalue weighted by molar-refractivity contribution is 7.27. The first-order valence-electron chi connectivity index (χ1n) is 3.86. The SMILES string of the molecule is Pc1ccccc1-n1cccc1. The van der Waals surface area contributed by atoms with Gasteiger partial charge in [-0.3, -0.25) is 0 Å². The van der Waals surface area contributed by atoms with Crippen LogP contribution in [0.25, 0.3) is 5.69 Å². The number of rotatable bonds is 1. The summed E-state index contributed by atoms with van der Waals surface area (Å²) in [5, 5.41) is 1.22. The first-order valence-corrected chi connectivity index (χ1v) is 4.43. The summed E-state index contributed by atoms with van der Waals surface area (Å²) < 4.78 is 2.10. The van der Waals surface area contributed by atoms with Crippen molar-refractivity contribution >= 4 is 14.5 Å². The van der Waals surface area contributed by atoms with Crippen molar-refractivity contribution in [1.29, 1.82) is 0 Å². The predicted molar refractivity (Wildman–Crippen MR) is 55.1 cm³/mol. The van der Waals surface area contributed by atoms with Gasteiger partial charge in [-0.15, -0.1) is 9.24 Å². The van der Waals surface area contributed by atoms with Gasteiger partial charge in [0.1, 0.15) is 0 Å². The maximum absolute atomic E-state index is 2.73. The summed E-state index contributed by atoms with van der Waals surface area (Å²) in [7, 11) is 2.73. The molecule has 1 aromatic heterocycles. The van der Waals surface area contributed by atoms with Crippen LogP contribution in [0.1, 0.15) is 0 Å². The molecule has 0 amide bonds. The Labute approximate surface area is 74.2 Å². The molecular formula is C10H10NP. The summed E-state index contributed by atoms with van der Waals surface area (Å²) >= 11 is 0. The Balaban J connectivity index is 2.55. The number of aromatic nitrogens is 1. The molecule has 60 valence electrons. The van der Waals surface area contributed by atoms with Crippen LogP contribution in [-0.2, 0) is 0 Å². The molecule has 0 aliphatic heterocycles. The Bertz CT molecular complexity index is 365. The second kappa shape index (κ2) is 3.12. The molecule has 0 radical (unpaired) electrons. The van der Waals surface area contributed by atoms with Crippen LogP contribution in [0.4, 0.5) is 0 Å². The number of hydrogen-bond donors (Lipinski definition) is 0. The molecule has 1 aromatic carbocycles. The van der Waals surface area contributed by atoms with Gasteiger partial charge in [-0.25, -0.2) is 0 Å². The molecule has 1 nitrogen and oxygen atoms in total. The van der Waals surface area contributed by atoms with Gasteiger partial charge >= 0.3 is 0 Å². The molecule has 0 spiro atoms. The summed E-state index contributed by atoms with van der Waals surface area (Å²) in [5.74, 6) is 0. The van der Waals surface area contributed by atoms with Gasteiger partial charge in [-0.1, -0.05) is 18.2 Å². The zero-order valence-corrected chi connectivity index (χ0v) is 7.80. The molecule has 1 atom stereocenters. The summed E-state index contributed by atoms with van der Waals surface area (Å²) in [4.78, 5) is 0. The van der Waals surface area contributed by atoms with Gasteiger partial charge < -0.3 is 4.57 Å². The Morgan fingerprint density at radius 2 is 1.58 bits per heavy atom. The van der Waals surface area contributed by atoms with Crippen molar-refractivity contribution in [3.05, 3.63) is 48.8 Å². The molecule has 1 heterocycles. The van der Waals surface area contributed by atoms with Crippen LogP contribution in [0.2, 0.25) is 0 Å². The smallest absolute Gasteiger partial charge is 0.0520 e. The lowest BCUT2D eigenvalue weighted by Gasteiger charge is -2.05. The minimum atomic E-state index is 1.22. The molecule has 2 aromatic rings. The van der Waals surface area contributed by atoms with Crippen molar-refractivity contribution in [3.8, 4) is 5.69 Å². The first kappa shape index (κ1) is 7.57. The van der Waals surface area contributed by atoms with Crippen LogP contribution >= 0.6 is 9.24 Å². The van der Waals surface area contributed by atoms with Gasteiger partial charge in [0, 0.05) is 12.4 Å². The van der Waals surface area contributed by atoms with E-state index in [0.29, 0.717) is 0 Å². The molecular weight excluding hydrogens is 165 g/mol. The first-order chi connectivity index (χ1) is 5.88. The third-order valence-corrected chi connectivity index (χ3v) is 2.31. The second-order valence-corrected chi connectivity index (χ2v) is 3.27. The molecule has 1 unspecified atom stereocenters. The molecule has 0 N–H and O–H groups in total. The van der Waals surface area contributed by atoms with Crippen LogP contribution < -0.4 is 5.30 Å². The lowest BCUT2D eigenvalue weighted by molar-refractivity contribution is 1.09. The lowest BCUT2D eigenvalue weighted by atomic mass is 10.3. The molecule has 2 heteroatoms. The standard InChI is InChI=1S/C10H10NP/c12-10-6-2-1-5-9(10)11-7-3-4-8-11/h1-8H,12H2. The van der Waals surface area contributed by atoms with E-state index in [4.69, 9.17) is 0 Å². The fourth-order valence-corrected chi connectivity index (χ4v) is 1.57. The second-order valence-electron chi connectivity index (χ2n) is 2.65. The van der Waals surface area contributed by atoms with Crippen LogP contribution in [0.3, 0.4) is 0 Å². The Morgan fingerprint density at radius 1 is 0.917 bits per heavy atom. The average Bonchev–Trinajstić information content (AvgIpc) is 2.57.